The van der Waals surface area contributed by atoms with E-state index in [1.165, 1.54) is 5.56 Å². The first-order chi connectivity index (χ1) is 8.20. The lowest BCUT2D eigenvalue weighted by atomic mass is 9.92. The molecule has 0 bridgehead atoms. The number of aryl methyl sites for hydroxylation is 1. The molecular weight excluding hydrogens is 230 g/mol. The van der Waals surface area contributed by atoms with E-state index in [0.29, 0.717) is 5.02 Å². The Bertz CT molecular complexity index is 552. The maximum Gasteiger partial charge on any atom is 0.0963 e. The predicted octanol–water partition coefficient (Wildman–Crippen LogP) is 4.30. The Hall–Kier alpha value is -1.78. The Morgan fingerprint density at radius 2 is 1.76 bits per heavy atom. The first kappa shape index (κ1) is 11.7. The molecule has 0 aliphatic carbocycles. The molecule has 0 aromatic heterocycles. The van der Waals surface area contributed by atoms with E-state index in [2.05, 4.69) is 6.07 Å². The van der Waals surface area contributed by atoms with Crippen molar-refractivity contribution in [3.8, 4) is 6.07 Å². The molecule has 0 saturated carbocycles. The van der Waals surface area contributed by atoms with Gasteiger partial charge in [-0.2, -0.15) is 5.26 Å². The Kier molecular flexibility index (Phi) is 3.46. The van der Waals surface area contributed by atoms with E-state index in [4.69, 9.17) is 11.6 Å². The maximum absolute atomic E-state index is 9.30. The highest BCUT2D eigenvalue weighted by Crippen LogP contribution is 2.26. The fraction of sp³-hybridized carbons (Fsp3) is 0.133. The van der Waals surface area contributed by atoms with Gasteiger partial charge in [0.2, 0.25) is 0 Å². The molecule has 0 aliphatic rings. The number of nitrogens with zero attached hydrogens (tertiary/aromatic N) is 1. The summed E-state index contributed by atoms with van der Waals surface area (Å²) >= 11 is 5.95. The molecule has 17 heavy (non-hydrogen) atoms. The van der Waals surface area contributed by atoms with Crippen molar-refractivity contribution in [2.75, 3.05) is 0 Å². The predicted molar refractivity (Wildman–Crippen MR) is 70.1 cm³/mol. The smallest absolute Gasteiger partial charge is 0.0963 e. The van der Waals surface area contributed by atoms with Crippen LogP contribution >= 0.6 is 11.6 Å². The molecule has 0 fully saturated rings. The van der Waals surface area contributed by atoms with Crippen molar-refractivity contribution in [3.63, 3.8) is 0 Å². The summed E-state index contributed by atoms with van der Waals surface area (Å²) in [5.74, 6) is -0.255. The monoisotopic (exact) mass is 241 g/mol. The van der Waals surface area contributed by atoms with Gasteiger partial charge in [0.15, 0.2) is 0 Å². The van der Waals surface area contributed by atoms with Crippen molar-refractivity contribution in [2.24, 2.45) is 0 Å². The summed E-state index contributed by atoms with van der Waals surface area (Å²) in [6.45, 7) is 2.03. The zero-order valence-corrected chi connectivity index (χ0v) is 10.3. The molecule has 0 radical (unpaired) electrons. The second-order valence-corrected chi connectivity index (χ2v) is 4.46. The van der Waals surface area contributed by atoms with Gasteiger partial charge in [0, 0.05) is 5.02 Å². The molecule has 84 valence electrons. The summed E-state index contributed by atoms with van der Waals surface area (Å²) in [6, 6.07) is 17.8. The fourth-order valence-electron chi connectivity index (χ4n) is 1.79. The third kappa shape index (κ3) is 2.67. The second kappa shape index (κ2) is 5.03. The number of hydrogen-bond acceptors (Lipinski definition) is 1. The van der Waals surface area contributed by atoms with E-state index in [-0.39, 0.29) is 5.92 Å². The van der Waals surface area contributed by atoms with Gasteiger partial charge in [-0.05, 0) is 30.2 Å². The molecule has 1 unspecified atom stereocenters. The molecule has 2 aromatic carbocycles. The van der Waals surface area contributed by atoms with Gasteiger partial charge in [-0.3, -0.25) is 0 Å². The van der Waals surface area contributed by atoms with Crippen LogP contribution in [0.15, 0.2) is 48.5 Å². The number of nitriles is 1. The van der Waals surface area contributed by atoms with Crippen molar-refractivity contribution in [3.05, 3.63) is 70.2 Å². The highest BCUT2D eigenvalue weighted by Gasteiger charge is 2.13. The van der Waals surface area contributed by atoms with Gasteiger partial charge in [-0.25, -0.2) is 0 Å². The van der Waals surface area contributed by atoms with E-state index in [1.54, 1.807) is 0 Å². The first-order valence-corrected chi connectivity index (χ1v) is 5.80. The molecule has 0 aliphatic heterocycles. The van der Waals surface area contributed by atoms with Gasteiger partial charge in [-0.15, -0.1) is 0 Å². The van der Waals surface area contributed by atoms with E-state index in [0.717, 1.165) is 11.1 Å². The minimum absolute atomic E-state index is 0.255. The summed E-state index contributed by atoms with van der Waals surface area (Å²) < 4.78 is 0. The topological polar surface area (TPSA) is 23.8 Å². The van der Waals surface area contributed by atoms with Gasteiger partial charge in [0.05, 0.1) is 12.0 Å². The average Bonchev–Trinajstić information content (AvgIpc) is 2.33. The molecule has 1 atom stereocenters. The molecule has 2 heteroatoms. The lowest BCUT2D eigenvalue weighted by Gasteiger charge is -2.10. The minimum Gasteiger partial charge on any atom is -0.197 e. The van der Waals surface area contributed by atoms with Crippen LogP contribution in [-0.2, 0) is 0 Å². The molecule has 0 heterocycles. The summed E-state index contributed by atoms with van der Waals surface area (Å²) in [7, 11) is 0. The molecule has 1 nitrogen and oxygen atoms in total. The van der Waals surface area contributed by atoms with Crippen LogP contribution in [-0.4, -0.2) is 0 Å². The van der Waals surface area contributed by atoms with Crippen LogP contribution < -0.4 is 0 Å². The third-order valence-electron chi connectivity index (χ3n) is 2.72. The molecule has 2 aromatic rings. The average molecular weight is 242 g/mol. The Morgan fingerprint density at radius 3 is 2.35 bits per heavy atom. The zero-order valence-electron chi connectivity index (χ0n) is 9.52. The van der Waals surface area contributed by atoms with Gasteiger partial charge in [-0.1, -0.05) is 53.6 Å². The van der Waals surface area contributed by atoms with Crippen LogP contribution in [0.1, 0.15) is 22.6 Å². The number of rotatable bonds is 2. The van der Waals surface area contributed by atoms with Crippen LogP contribution in [0.2, 0.25) is 5.02 Å². The Balaban J connectivity index is 2.41. The van der Waals surface area contributed by atoms with E-state index in [1.807, 2.05) is 55.5 Å². The van der Waals surface area contributed by atoms with Crippen molar-refractivity contribution < 1.29 is 0 Å². The summed E-state index contributed by atoms with van der Waals surface area (Å²) in [4.78, 5) is 0. The summed E-state index contributed by atoms with van der Waals surface area (Å²) in [5, 5.41) is 9.96. The van der Waals surface area contributed by atoms with Crippen LogP contribution in [0.3, 0.4) is 0 Å². The molecule has 0 saturated heterocycles. The molecule has 0 N–H and O–H groups in total. The molecule has 2 rings (SSSR count). The van der Waals surface area contributed by atoms with Crippen LogP contribution in [0.25, 0.3) is 0 Å². The van der Waals surface area contributed by atoms with Crippen LogP contribution in [0.4, 0.5) is 0 Å². The molecular formula is C15H12ClN. The third-order valence-corrected chi connectivity index (χ3v) is 2.96. The fourth-order valence-corrected chi connectivity index (χ4v) is 1.99. The van der Waals surface area contributed by atoms with Crippen LogP contribution in [0.5, 0.6) is 0 Å². The standard InChI is InChI=1S/C15H12ClN/c1-11-5-7-12(8-6-11)15(10-17)13-3-2-4-14(16)9-13/h2-9,15H,1H3. The lowest BCUT2D eigenvalue weighted by molar-refractivity contribution is 1.04. The zero-order chi connectivity index (χ0) is 12.3. The van der Waals surface area contributed by atoms with Crippen molar-refractivity contribution in [1.29, 1.82) is 5.26 Å². The Labute approximate surface area is 106 Å². The summed E-state index contributed by atoms with van der Waals surface area (Å²) in [6.07, 6.45) is 0. The molecule has 0 amide bonds. The van der Waals surface area contributed by atoms with Crippen LogP contribution in [0, 0.1) is 18.3 Å². The van der Waals surface area contributed by atoms with Crippen molar-refractivity contribution in [1.82, 2.24) is 0 Å². The maximum atomic E-state index is 9.30. The van der Waals surface area contributed by atoms with Gasteiger partial charge in [0.25, 0.3) is 0 Å². The number of halogens is 1. The van der Waals surface area contributed by atoms with E-state index in [9.17, 15) is 5.26 Å². The van der Waals surface area contributed by atoms with Crippen molar-refractivity contribution >= 4 is 11.6 Å². The van der Waals surface area contributed by atoms with Gasteiger partial charge < -0.3 is 0 Å². The Morgan fingerprint density at radius 1 is 1.06 bits per heavy atom. The first-order valence-electron chi connectivity index (χ1n) is 5.42. The highest BCUT2D eigenvalue weighted by atomic mass is 35.5. The van der Waals surface area contributed by atoms with Gasteiger partial charge in [0.1, 0.15) is 0 Å². The highest BCUT2D eigenvalue weighted by molar-refractivity contribution is 6.30. The lowest BCUT2D eigenvalue weighted by Crippen LogP contribution is -1.97. The SMILES string of the molecule is Cc1ccc(C(C#N)c2cccc(Cl)c2)cc1. The van der Waals surface area contributed by atoms with E-state index < -0.39 is 0 Å². The quantitative estimate of drug-likeness (QED) is 0.769. The molecule has 0 spiro atoms. The number of benzene rings is 2. The summed E-state index contributed by atoms with van der Waals surface area (Å²) in [5.41, 5.74) is 3.13. The normalized spacial score (nSPS) is 11.8. The second-order valence-electron chi connectivity index (χ2n) is 4.03. The van der Waals surface area contributed by atoms with Crippen molar-refractivity contribution in [2.45, 2.75) is 12.8 Å². The van der Waals surface area contributed by atoms with Gasteiger partial charge >= 0.3 is 0 Å². The number of hydrogen-bond donors (Lipinski definition) is 0. The largest absolute Gasteiger partial charge is 0.197 e. The minimum atomic E-state index is -0.255. The van der Waals surface area contributed by atoms with E-state index >= 15 is 0 Å².